The van der Waals surface area contributed by atoms with Gasteiger partial charge < -0.3 is 29.2 Å². The molecule has 2 fully saturated rings. The van der Waals surface area contributed by atoms with E-state index in [1.54, 1.807) is 0 Å². The smallest absolute Gasteiger partial charge is 0.187 e. The van der Waals surface area contributed by atoms with Gasteiger partial charge in [0.25, 0.3) is 0 Å². The first-order valence-corrected chi connectivity index (χ1v) is 7.46. The minimum Gasteiger partial charge on any atom is -0.394 e. The lowest BCUT2D eigenvalue weighted by Gasteiger charge is -2.25. The van der Waals surface area contributed by atoms with Gasteiger partial charge in [0.15, 0.2) is 12.1 Å². The number of aliphatic hydroxyl groups excluding tert-OH is 2. The van der Waals surface area contributed by atoms with Gasteiger partial charge in [-0.25, -0.2) is 0 Å². The summed E-state index contributed by atoms with van der Waals surface area (Å²) in [4.78, 5) is 0. The molecule has 1 unspecified atom stereocenters. The van der Waals surface area contributed by atoms with Crippen LogP contribution in [0.25, 0.3) is 0 Å². The molecule has 22 heavy (non-hydrogen) atoms. The topological polar surface area (TPSA) is 77.4 Å². The van der Waals surface area contributed by atoms with Crippen molar-refractivity contribution in [2.75, 3.05) is 6.61 Å². The summed E-state index contributed by atoms with van der Waals surface area (Å²) in [6, 6.07) is 9.74. The number of rotatable bonds is 5. The summed E-state index contributed by atoms with van der Waals surface area (Å²) < 4.78 is 23.1. The minimum absolute atomic E-state index is 0.375. The highest BCUT2D eigenvalue weighted by atomic mass is 16.8. The molecule has 2 N–H and O–H groups in total. The lowest BCUT2D eigenvalue weighted by Crippen LogP contribution is -2.40. The fraction of sp³-hybridized carbons (Fsp3) is 0.625. The number of benzene rings is 1. The standard InChI is InChI=1S/C16H22O6/c1-16(2)21-13-12(11(18)8-17)20-15(14(13)22-16)19-9-10-6-4-3-5-7-10/h3-7,11-15,17-18H,8-9H2,1-2H3/t11-,12-,13?,14-,15+/m1/s1. The van der Waals surface area contributed by atoms with Crippen molar-refractivity contribution in [3.8, 4) is 0 Å². The Morgan fingerprint density at radius 1 is 1.18 bits per heavy atom. The molecule has 1 aromatic carbocycles. The maximum atomic E-state index is 9.91. The summed E-state index contributed by atoms with van der Waals surface area (Å²) >= 11 is 0. The number of hydrogen-bond donors (Lipinski definition) is 2. The molecule has 3 rings (SSSR count). The van der Waals surface area contributed by atoms with E-state index in [1.165, 1.54) is 0 Å². The second-order valence-electron chi connectivity index (χ2n) is 6.08. The van der Waals surface area contributed by atoms with E-state index in [1.807, 2.05) is 44.2 Å². The van der Waals surface area contributed by atoms with E-state index in [4.69, 9.17) is 18.9 Å². The van der Waals surface area contributed by atoms with Gasteiger partial charge in [-0.15, -0.1) is 0 Å². The highest BCUT2D eigenvalue weighted by Gasteiger charge is 2.57. The van der Waals surface area contributed by atoms with Crippen molar-refractivity contribution < 1.29 is 29.2 Å². The summed E-state index contributed by atoms with van der Waals surface area (Å²) in [6.07, 6.45) is -3.23. The molecule has 0 radical (unpaired) electrons. The SMILES string of the molecule is CC1(C)OC2[C@@H](O1)[C@@H](OCc1ccccc1)O[C@@H]2[C@H](O)CO. The molecule has 122 valence electrons. The molecule has 0 spiro atoms. The molecule has 1 aromatic rings. The van der Waals surface area contributed by atoms with Crippen LogP contribution in [0.2, 0.25) is 0 Å². The zero-order chi connectivity index (χ0) is 15.7. The lowest BCUT2D eigenvalue weighted by molar-refractivity contribution is -0.247. The van der Waals surface area contributed by atoms with E-state index in [0.29, 0.717) is 6.61 Å². The van der Waals surface area contributed by atoms with Crippen LogP contribution in [0.3, 0.4) is 0 Å². The van der Waals surface area contributed by atoms with E-state index in [9.17, 15) is 10.2 Å². The third kappa shape index (κ3) is 3.17. The van der Waals surface area contributed by atoms with E-state index in [-0.39, 0.29) is 0 Å². The number of fused-ring (bicyclic) bond motifs is 1. The lowest BCUT2D eigenvalue weighted by atomic mass is 10.1. The van der Waals surface area contributed by atoms with Gasteiger partial charge in [-0.3, -0.25) is 0 Å². The molecule has 0 aromatic heterocycles. The summed E-state index contributed by atoms with van der Waals surface area (Å²) in [7, 11) is 0. The van der Waals surface area contributed by atoms with Crippen LogP contribution in [0.15, 0.2) is 30.3 Å². The molecule has 2 aliphatic rings. The van der Waals surface area contributed by atoms with Crippen LogP contribution < -0.4 is 0 Å². The molecule has 0 aliphatic carbocycles. The van der Waals surface area contributed by atoms with E-state index in [2.05, 4.69) is 0 Å². The van der Waals surface area contributed by atoms with E-state index < -0.39 is 43.1 Å². The van der Waals surface area contributed by atoms with Gasteiger partial charge in [-0.1, -0.05) is 30.3 Å². The largest absolute Gasteiger partial charge is 0.394 e. The predicted octanol–water partition coefficient (Wildman–Crippen LogP) is 0.801. The van der Waals surface area contributed by atoms with Crippen molar-refractivity contribution in [3.63, 3.8) is 0 Å². The second kappa shape index (κ2) is 6.23. The molecule has 5 atom stereocenters. The van der Waals surface area contributed by atoms with Crippen molar-refractivity contribution in [2.45, 2.75) is 56.9 Å². The maximum Gasteiger partial charge on any atom is 0.187 e. The minimum atomic E-state index is -1.03. The quantitative estimate of drug-likeness (QED) is 0.838. The van der Waals surface area contributed by atoms with Crippen molar-refractivity contribution in [3.05, 3.63) is 35.9 Å². The zero-order valence-electron chi connectivity index (χ0n) is 12.7. The summed E-state index contributed by atoms with van der Waals surface area (Å²) in [5.74, 6) is -0.763. The average molecular weight is 310 g/mol. The Labute approximate surface area is 129 Å². The highest BCUT2D eigenvalue weighted by molar-refractivity contribution is 5.13. The predicted molar refractivity (Wildman–Crippen MR) is 76.8 cm³/mol. The second-order valence-corrected chi connectivity index (χ2v) is 6.08. The summed E-state index contributed by atoms with van der Waals surface area (Å²) in [5.41, 5.74) is 1.02. The summed E-state index contributed by atoms with van der Waals surface area (Å²) in [6.45, 7) is 3.59. The maximum absolute atomic E-state index is 9.91. The number of hydrogen-bond acceptors (Lipinski definition) is 6. The third-order valence-electron chi connectivity index (χ3n) is 3.87. The van der Waals surface area contributed by atoms with Crippen molar-refractivity contribution >= 4 is 0 Å². The van der Waals surface area contributed by atoms with Crippen LogP contribution in [-0.2, 0) is 25.6 Å². The van der Waals surface area contributed by atoms with Crippen molar-refractivity contribution in [1.29, 1.82) is 0 Å². The molecule has 2 heterocycles. The van der Waals surface area contributed by atoms with Crippen LogP contribution in [-0.4, -0.2) is 53.3 Å². The Morgan fingerprint density at radius 2 is 1.86 bits per heavy atom. The Balaban J connectivity index is 1.69. The summed E-state index contributed by atoms with van der Waals surface area (Å²) in [5, 5.41) is 19.1. The molecule has 2 aliphatic heterocycles. The van der Waals surface area contributed by atoms with Crippen LogP contribution in [0.1, 0.15) is 19.4 Å². The first kappa shape index (κ1) is 15.9. The van der Waals surface area contributed by atoms with Crippen LogP contribution in [0.4, 0.5) is 0 Å². The van der Waals surface area contributed by atoms with E-state index >= 15 is 0 Å². The van der Waals surface area contributed by atoms with Gasteiger partial charge in [0.05, 0.1) is 13.2 Å². The van der Waals surface area contributed by atoms with Crippen LogP contribution in [0.5, 0.6) is 0 Å². The molecule has 0 saturated carbocycles. The molecule has 6 nitrogen and oxygen atoms in total. The first-order valence-electron chi connectivity index (χ1n) is 7.46. The third-order valence-corrected chi connectivity index (χ3v) is 3.87. The van der Waals surface area contributed by atoms with Gasteiger partial charge in [-0.05, 0) is 19.4 Å². The zero-order valence-corrected chi connectivity index (χ0v) is 12.7. The van der Waals surface area contributed by atoms with Gasteiger partial charge >= 0.3 is 0 Å². The molecule has 0 bridgehead atoms. The van der Waals surface area contributed by atoms with E-state index in [0.717, 1.165) is 5.56 Å². The van der Waals surface area contributed by atoms with Crippen molar-refractivity contribution in [2.24, 2.45) is 0 Å². The molecular formula is C16H22O6. The fourth-order valence-corrected chi connectivity index (χ4v) is 2.89. The van der Waals surface area contributed by atoms with Gasteiger partial charge in [0, 0.05) is 0 Å². The Morgan fingerprint density at radius 3 is 2.55 bits per heavy atom. The van der Waals surface area contributed by atoms with Crippen LogP contribution in [0, 0.1) is 0 Å². The molecule has 0 amide bonds. The van der Waals surface area contributed by atoms with Crippen molar-refractivity contribution in [1.82, 2.24) is 0 Å². The highest BCUT2D eigenvalue weighted by Crippen LogP contribution is 2.40. The van der Waals surface area contributed by atoms with Gasteiger partial charge in [0.1, 0.15) is 24.4 Å². The van der Waals surface area contributed by atoms with Gasteiger partial charge in [0.2, 0.25) is 0 Å². The first-order chi connectivity index (χ1) is 10.5. The monoisotopic (exact) mass is 310 g/mol. The van der Waals surface area contributed by atoms with Gasteiger partial charge in [-0.2, -0.15) is 0 Å². The Kier molecular flexibility index (Phi) is 4.49. The Hall–Kier alpha value is -1.02. The molecule has 6 heteroatoms. The average Bonchev–Trinajstić information content (AvgIpc) is 2.99. The number of aliphatic hydroxyl groups is 2. The molecular weight excluding hydrogens is 288 g/mol. The molecule has 2 saturated heterocycles. The normalized spacial score (nSPS) is 34.5. The van der Waals surface area contributed by atoms with Crippen LogP contribution >= 0.6 is 0 Å². The fourth-order valence-electron chi connectivity index (χ4n) is 2.89. The Bertz CT molecular complexity index is 491. The number of ether oxygens (including phenoxy) is 4.